The highest BCUT2D eigenvalue weighted by molar-refractivity contribution is 5.82. The largest absolute Gasteiger partial charge is 0.445 e. The molecule has 1 fully saturated rings. The highest BCUT2D eigenvalue weighted by Crippen LogP contribution is 2.32. The molecule has 34 heavy (non-hydrogen) atoms. The summed E-state index contributed by atoms with van der Waals surface area (Å²) in [6.07, 6.45) is -0.384. The third-order valence-corrected chi connectivity index (χ3v) is 5.53. The van der Waals surface area contributed by atoms with Crippen molar-refractivity contribution >= 4 is 23.1 Å². The Morgan fingerprint density at radius 3 is 2.65 bits per heavy atom. The second-order valence-corrected chi connectivity index (χ2v) is 7.90. The lowest BCUT2D eigenvalue weighted by Gasteiger charge is -2.16. The van der Waals surface area contributed by atoms with Crippen molar-refractivity contribution in [2.45, 2.75) is 44.0 Å². The first kappa shape index (κ1) is 23.8. The zero-order valence-corrected chi connectivity index (χ0v) is 18.4. The van der Waals surface area contributed by atoms with E-state index in [2.05, 4.69) is 25.6 Å². The van der Waals surface area contributed by atoms with Crippen LogP contribution in [0.5, 0.6) is 0 Å². The molecule has 0 bridgehead atoms. The van der Waals surface area contributed by atoms with E-state index in [1.807, 2.05) is 30.3 Å². The maximum atomic E-state index is 11.8. The number of fused-ring (bicyclic) bond motifs is 1. The van der Waals surface area contributed by atoms with Crippen LogP contribution < -0.4 is 10.6 Å². The fourth-order valence-electron chi connectivity index (χ4n) is 3.70. The van der Waals surface area contributed by atoms with Gasteiger partial charge in [0.25, 0.3) is 0 Å². The third kappa shape index (κ3) is 5.42. The number of aliphatic hydroxyl groups excluding tert-OH is 3. The lowest BCUT2D eigenvalue weighted by atomic mass is 10.1. The molecule has 12 heteroatoms. The Balaban J connectivity index is 1.23. The van der Waals surface area contributed by atoms with Crippen LogP contribution in [-0.2, 0) is 16.1 Å². The van der Waals surface area contributed by atoms with E-state index in [-0.39, 0.29) is 6.61 Å². The molecule has 1 saturated heterocycles. The lowest BCUT2D eigenvalue weighted by Crippen LogP contribution is -2.33. The Labute approximate surface area is 195 Å². The Hall–Kier alpha value is -3.32. The van der Waals surface area contributed by atoms with Crippen molar-refractivity contribution < 1.29 is 29.6 Å². The summed E-state index contributed by atoms with van der Waals surface area (Å²) in [7, 11) is 0. The number of nitrogens with zero attached hydrogens (tertiary/aromatic N) is 4. The van der Waals surface area contributed by atoms with Gasteiger partial charge in [-0.1, -0.05) is 30.3 Å². The summed E-state index contributed by atoms with van der Waals surface area (Å²) in [5.74, 6) is 0.519. The SMILES string of the molecule is O=C(NCCCCNc1ncnc2c1ncn2[C@@H]1O[C@H](CO)[C@@H](O)[C@H]1O)OCc1ccccc1. The number of nitrogens with one attached hydrogen (secondary N) is 2. The zero-order chi connectivity index (χ0) is 23.9. The normalized spacial score (nSPS) is 22.1. The number of benzene rings is 1. The summed E-state index contributed by atoms with van der Waals surface area (Å²) >= 11 is 0. The van der Waals surface area contributed by atoms with Crippen molar-refractivity contribution in [1.82, 2.24) is 24.8 Å². The van der Waals surface area contributed by atoms with E-state index < -0.39 is 37.2 Å². The predicted octanol–water partition coefficient (Wildman–Crippen LogP) is 0.556. The fourth-order valence-corrected chi connectivity index (χ4v) is 3.70. The number of rotatable bonds is 10. The van der Waals surface area contributed by atoms with Crippen molar-refractivity contribution in [3.05, 3.63) is 48.5 Å². The average Bonchev–Trinajstić information content (AvgIpc) is 3.41. The lowest BCUT2D eigenvalue weighted by molar-refractivity contribution is -0.0511. The van der Waals surface area contributed by atoms with E-state index in [1.54, 1.807) is 0 Å². The maximum absolute atomic E-state index is 11.8. The van der Waals surface area contributed by atoms with Crippen LogP contribution in [0.4, 0.5) is 10.6 Å². The van der Waals surface area contributed by atoms with E-state index in [4.69, 9.17) is 9.47 Å². The second-order valence-electron chi connectivity index (χ2n) is 7.90. The molecule has 4 rings (SSSR count). The molecule has 12 nitrogen and oxygen atoms in total. The number of ether oxygens (including phenoxy) is 2. The van der Waals surface area contributed by atoms with E-state index in [1.165, 1.54) is 17.2 Å². The Morgan fingerprint density at radius 2 is 1.88 bits per heavy atom. The van der Waals surface area contributed by atoms with Gasteiger partial charge >= 0.3 is 6.09 Å². The summed E-state index contributed by atoms with van der Waals surface area (Å²) in [6, 6.07) is 9.47. The Kier molecular flexibility index (Phi) is 7.85. The monoisotopic (exact) mass is 472 g/mol. The summed E-state index contributed by atoms with van der Waals surface area (Å²) < 4.78 is 12.2. The number of carbonyl (C=O) groups excluding carboxylic acids is 1. The van der Waals surface area contributed by atoms with Gasteiger partial charge in [0.15, 0.2) is 23.2 Å². The van der Waals surface area contributed by atoms with Crippen LogP contribution in [0.25, 0.3) is 11.2 Å². The average molecular weight is 473 g/mol. The number of unbranched alkanes of at least 4 members (excludes halogenated alkanes) is 1. The molecule has 1 aromatic carbocycles. The van der Waals surface area contributed by atoms with Gasteiger partial charge in [-0.25, -0.2) is 19.7 Å². The van der Waals surface area contributed by atoms with Crippen LogP contribution in [-0.4, -0.2) is 78.9 Å². The molecule has 0 radical (unpaired) electrons. The van der Waals surface area contributed by atoms with Crippen LogP contribution in [0.3, 0.4) is 0 Å². The first-order chi connectivity index (χ1) is 16.6. The number of imidazole rings is 1. The van der Waals surface area contributed by atoms with Crippen molar-refractivity contribution in [3.63, 3.8) is 0 Å². The number of aromatic nitrogens is 4. The minimum Gasteiger partial charge on any atom is -0.445 e. The summed E-state index contributed by atoms with van der Waals surface area (Å²) in [5.41, 5.74) is 1.84. The highest BCUT2D eigenvalue weighted by Gasteiger charge is 2.44. The topological polar surface area (TPSA) is 164 Å². The zero-order valence-electron chi connectivity index (χ0n) is 18.4. The Bertz CT molecular complexity index is 1080. The van der Waals surface area contributed by atoms with Gasteiger partial charge in [0.1, 0.15) is 31.2 Å². The van der Waals surface area contributed by atoms with Crippen molar-refractivity contribution in [3.8, 4) is 0 Å². The Morgan fingerprint density at radius 1 is 1.09 bits per heavy atom. The van der Waals surface area contributed by atoms with Crippen LogP contribution in [0, 0.1) is 0 Å². The number of anilines is 1. The molecule has 3 aromatic rings. The van der Waals surface area contributed by atoms with Crippen LogP contribution in [0.1, 0.15) is 24.6 Å². The van der Waals surface area contributed by atoms with Gasteiger partial charge in [0, 0.05) is 13.1 Å². The molecule has 0 aliphatic carbocycles. The van der Waals surface area contributed by atoms with E-state index in [0.717, 1.165) is 18.4 Å². The molecule has 1 aliphatic rings. The standard InChI is InChI=1S/C22H28N6O6/c29-10-15-17(30)18(31)21(34-15)28-13-27-16-19(25-12-26-20(16)28)23-8-4-5-9-24-22(32)33-11-14-6-2-1-3-7-14/h1-3,6-7,12-13,15,17-18,21,29-31H,4-5,8-11H2,(H,24,32)(H,23,25,26)/t15-,17-,18-,21-/m1/s1. The second kappa shape index (κ2) is 11.2. The van der Waals surface area contributed by atoms with Gasteiger partial charge in [-0.15, -0.1) is 0 Å². The fraction of sp³-hybridized carbons (Fsp3) is 0.455. The minimum atomic E-state index is -1.23. The number of aliphatic hydroxyl groups is 3. The van der Waals surface area contributed by atoms with Gasteiger partial charge in [0.05, 0.1) is 12.9 Å². The molecule has 4 atom stereocenters. The van der Waals surface area contributed by atoms with Gasteiger partial charge in [-0.2, -0.15) is 0 Å². The summed E-state index contributed by atoms with van der Waals surface area (Å²) in [4.78, 5) is 24.6. The number of alkyl carbamates (subject to hydrolysis) is 1. The predicted molar refractivity (Wildman–Crippen MR) is 121 cm³/mol. The van der Waals surface area contributed by atoms with Crippen LogP contribution >= 0.6 is 0 Å². The van der Waals surface area contributed by atoms with Crippen LogP contribution in [0.2, 0.25) is 0 Å². The van der Waals surface area contributed by atoms with Gasteiger partial charge in [0.2, 0.25) is 0 Å². The number of hydrogen-bond donors (Lipinski definition) is 5. The smallest absolute Gasteiger partial charge is 0.407 e. The minimum absolute atomic E-state index is 0.229. The number of carbonyl (C=O) groups is 1. The van der Waals surface area contributed by atoms with E-state index in [9.17, 15) is 20.1 Å². The quantitative estimate of drug-likeness (QED) is 0.263. The first-order valence-corrected chi connectivity index (χ1v) is 11.1. The van der Waals surface area contributed by atoms with Gasteiger partial charge in [-0.3, -0.25) is 4.57 Å². The maximum Gasteiger partial charge on any atom is 0.407 e. The molecular weight excluding hydrogens is 444 g/mol. The van der Waals surface area contributed by atoms with Gasteiger partial charge < -0.3 is 35.4 Å². The summed E-state index contributed by atoms with van der Waals surface area (Å²) in [5, 5.41) is 35.5. The molecule has 1 aliphatic heterocycles. The molecule has 2 aromatic heterocycles. The van der Waals surface area contributed by atoms with Crippen molar-refractivity contribution in [2.75, 3.05) is 25.0 Å². The van der Waals surface area contributed by atoms with Gasteiger partial charge in [-0.05, 0) is 18.4 Å². The third-order valence-electron chi connectivity index (χ3n) is 5.53. The van der Waals surface area contributed by atoms with E-state index in [0.29, 0.717) is 30.1 Å². The van der Waals surface area contributed by atoms with Crippen LogP contribution in [0.15, 0.2) is 43.0 Å². The highest BCUT2D eigenvalue weighted by atomic mass is 16.6. The molecule has 0 spiro atoms. The molecule has 3 heterocycles. The molecule has 182 valence electrons. The molecule has 0 unspecified atom stereocenters. The summed E-state index contributed by atoms with van der Waals surface area (Å²) in [6.45, 7) is 0.887. The first-order valence-electron chi connectivity index (χ1n) is 11.1. The number of amides is 1. The molecular formula is C22H28N6O6. The molecule has 0 saturated carbocycles. The van der Waals surface area contributed by atoms with E-state index >= 15 is 0 Å². The molecule has 1 amide bonds. The number of hydrogen-bond acceptors (Lipinski definition) is 10. The van der Waals surface area contributed by atoms with Crippen molar-refractivity contribution in [2.24, 2.45) is 0 Å². The van der Waals surface area contributed by atoms with Crippen molar-refractivity contribution in [1.29, 1.82) is 0 Å². The molecule has 5 N–H and O–H groups in total.